The molecule has 24 heteroatoms. The van der Waals surface area contributed by atoms with E-state index in [1.54, 1.807) is 119 Å². The van der Waals surface area contributed by atoms with Gasteiger partial charge in [0.25, 0.3) is 11.8 Å². The van der Waals surface area contributed by atoms with Crippen LogP contribution in [-0.2, 0) is 66.2 Å². The third-order valence-electron chi connectivity index (χ3n) is 27.4. The smallest absolute Gasteiger partial charge is 0.303 e. The molecule has 0 aliphatic heterocycles. The number of carboxylic acid groups (broad SMARTS) is 1. The predicted molar refractivity (Wildman–Crippen MR) is 629 cm³/mol. The van der Waals surface area contributed by atoms with Crippen molar-refractivity contribution in [1.82, 2.24) is 42.2 Å². The van der Waals surface area contributed by atoms with Crippen LogP contribution >= 0.6 is 21.6 Å². The zero-order valence-electron chi connectivity index (χ0n) is 83.6. The molecule has 146 heavy (non-hydrogen) atoms. The first-order valence-corrected chi connectivity index (χ1v) is 51.3. The van der Waals surface area contributed by atoms with Crippen LogP contribution in [0.4, 0.5) is 0 Å². The van der Waals surface area contributed by atoms with Crippen molar-refractivity contribution in [2.24, 2.45) is 87.8 Å². The number of allylic oxidation sites excluding steroid dienone is 1. The first kappa shape index (κ1) is 163. The van der Waals surface area contributed by atoms with Crippen molar-refractivity contribution in [2.45, 2.75) is 388 Å². The minimum absolute atomic E-state index is 0. The van der Waals surface area contributed by atoms with Gasteiger partial charge >= 0.3 is 5.97 Å². The number of fused-ring (bicyclic) bond motifs is 7. The van der Waals surface area contributed by atoms with Crippen LogP contribution in [0.5, 0.6) is 0 Å². The van der Waals surface area contributed by atoms with Crippen molar-refractivity contribution in [1.29, 1.82) is 0 Å². The standard InChI is InChI=1S/C34H59NO2.C20H19NO3.C19H21NO2.C13H20N2OS2.C9H17NO3.C7H15NO.C6H12NO.14CH4.Y/c1-8-24(4)21-35-32(36)22-37-27-16-18-33(6)26(20-27)12-13-28-30-15-14-29(25(5)11-9-10-23(2)3)34(30,7)19-17-31(28)33;1-3-12(2)11-21-20(24)13-8-9-16-17(10-13)19(23)15-7-5-4-6-14(15)18(16)22;1-3-14(2)13-20-19(22)17-11-9-16(10-12-17)18(21)15-7-5-4-6-8-15;1-3-11(2)10-15-12(16)7-9-17-18-13-6-4-5-8-14-13;1-3-7(2)6-10-8(11)4-5-9(12)13;1-4-6(2)5-8-7(3)9;1-3-6(2)4-7-5-8;;;;;;;;;;;;;;;/h12,23-25,27-31H,8-11,13-22H2,1-7H3,(H,35,36);4-10,12H,3,11H2,1-2H3,(H,21,24);4-12,14H,3,13H2,1-2H3,(H,20,22);4-6,8,11H,3,7,9-10H2,1-2H3,(H,15,16);7H,3-6H2,1-2H3,(H,10,11)(H,12,13);6H,4-5H2,1-3H3,(H,8,9);6H,3-4H2,1-2H3,(H,7,8);14*1H4;/q;;;;;;-1;;;;;;;;;;;;;;;/t24?,25?,27-,28?,29?,30?,31?,33-,34+;;;;;;;;;;;;;;;;;;;;;/m0...................../s1. The summed E-state index contributed by atoms with van der Waals surface area (Å²) in [5, 5.41) is 29.0. The molecule has 4 aromatic carbocycles. The minimum Gasteiger partial charge on any atom is -0.530 e. The number of hydrogen-bond donors (Lipinski definition) is 8. The molecule has 15 atom stereocenters. The van der Waals surface area contributed by atoms with Gasteiger partial charge in [0.1, 0.15) is 11.6 Å². The van der Waals surface area contributed by atoms with E-state index in [2.05, 4.69) is 166 Å². The SMILES string of the molecule is C.C.C.C.C.C.C.C.C.C.C.C.C.C.CCC(C)CNC(=O)CCC(=O)O.CCC(C)CNC(=O)CCSSc1ccccn1.CCC(C)CNC(=O)CO[C@H]1CC[C@@]2(C)C(=CCC3C4CCC(C(C)CCCC(C)C)[C@@]4(C)CCC32)C1.CCC(C)CNC(=O)c1ccc(C(=O)c2ccccc2)cc1.CCC(C)CNC(=O)c1ccc2c(c1)C(=O)c1ccccc1C2=O.CCC(C)CNC(C)=O.CCC(C)CN[C-]=O.[Y]. The number of carbonyl (C=O) groups is 10. The Balaban J connectivity index is -0.000000148. The van der Waals surface area contributed by atoms with E-state index in [9.17, 15) is 52.7 Å². The van der Waals surface area contributed by atoms with E-state index >= 15 is 0 Å². The van der Waals surface area contributed by atoms with E-state index in [-0.39, 0.29) is 215 Å². The van der Waals surface area contributed by atoms with Crippen LogP contribution in [0.15, 0.2) is 138 Å². The van der Waals surface area contributed by atoms with Gasteiger partial charge in [-0.1, -0.05) is 395 Å². The fourth-order valence-corrected chi connectivity index (χ4v) is 18.9. The van der Waals surface area contributed by atoms with Gasteiger partial charge in [-0.25, -0.2) is 4.98 Å². The van der Waals surface area contributed by atoms with E-state index in [0.717, 1.165) is 130 Å². The molecule has 1 heterocycles. The van der Waals surface area contributed by atoms with Gasteiger partial charge in [0.15, 0.2) is 17.3 Å². The number of benzene rings is 4. The Hall–Kier alpha value is -7.70. The fraction of sp³-hybridized carbons (Fsp3) is 0.656. The Morgan fingerprint density at radius 1 is 0.466 bits per heavy atom. The minimum atomic E-state index is -0.932. The zero-order valence-corrected chi connectivity index (χ0v) is 88.1. The molecule has 0 spiro atoms. The number of ether oxygens (including phenoxy) is 1. The normalized spacial score (nSPS) is 18.0. The van der Waals surface area contributed by atoms with Gasteiger partial charge in [0.2, 0.25) is 23.6 Å². The molecule has 0 saturated heterocycles. The first-order valence-electron chi connectivity index (χ1n) is 48.9. The Bertz CT molecular complexity index is 4330. The summed E-state index contributed by atoms with van der Waals surface area (Å²) in [7, 11) is 3.28. The Kier molecular flexibility index (Phi) is 99.6. The van der Waals surface area contributed by atoms with E-state index in [1.165, 1.54) is 63.9 Å². The summed E-state index contributed by atoms with van der Waals surface area (Å²) in [6, 6.07) is 33.2. The fourth-order valence-electron chi connectivity index (χ4n) is 17.0. The van der Waals surface area contributed by atoms with Crippen molar-refractivity contribution in [2.75, 3.05) is 58.2 Å². The molecule has 7 amide bonds. The van der Waals surface area contributed by atoms with Crippen LogP contribution < -0.4 is 37.2 Å². The number of hydrogen-bond acceptors (Lipinski definition) is 15. The van der Waals surface area contributed by atoms with Gasteiger partial charge in [-0.15, -0.1) is 0 Å². The van der Waals surface area contributed by atoms with Gasteiger partial charge in [-0.2, -0.15) is 6.41 Å². The largest absolute Gasteiger partial charge is 0.530 e. The summed E-state index contributed by atoms with van der Waals surface area (Å²) in [4.78, 5) is 131. The maximum absolute atomic E-state index is 12.7. The Morgan fingerprint density at radius 2 is 0.897 bits per heavy atom. The Morgan fingerprint density at radius 3 is 1.37 bits per heavy atom. The van der Waals surface area contributed by atoms with Crippen LogP contribution in [-0.4, -0.2) is 140 Å². The van der Waals surface area contributed by atoms with E-state index in [1.807, 2.05) is 50.2 Å². The van der Waals surface area contributed by atoms with Crippen LogP contribution in [0.2, 0.25) is 0 Å². The molecule has 1 aromatic heterocycles. The topological polar surface area (TPSA) is 314 Å². The average molecular weight is 2160 g/mol. The molecule has 21 nitrogen and oxygen atoms in total. The van der Waals surface area contributed by atoms with Crippen LogP contribution in [0.1, 0.15) is 446 Å². The number of carbonyl (C=O) groups excluding carboxylic acids is 10. The first-order chi connectivity index (χ1) is 62.5. The van der Waals surface area contributed by atoms with Crippen molar-refractivity contribution in [3.05, 3.63) is 178 Å². The number of aromatic nitrogens is 1. The number of nitrogens with one attached hydrogen (secondary N) is 7. The van der Waals surface area contributed by atoms with Crippen molar-refractivity contribution >= 4 is 86.8 Å². The number of rotatable bonds is 42. The van der Waals surface area contributed by atoms with Gasteiger partial charge in [-0.3, -0.25) is 47.9 Å². The number of nitrogens with zero attached hydrogens (tertiary/aromatic N) is 1. The molecule has 841 valence electrons. The summed E-state index contributed by atoms with van der Waals surface area (Å²) < 4.78 is 6.16. The molecule has 8 N–H and O–H groups in total. The summed E-state index contributed by atoms with van der Waals surface area (Å²) in [6.45, 7) is 48.8. The zero-order chi connectivity index (χ0) is 97.2. The second-order valence-electron chi connectivity index (χ2n) is 38.3. The summed E-state index contributed by atoms with van der Waals surface area (Å²) >= 11 is 0. The maximum Gasteiger partial charge on any atom is 0.303 e. The second-order valence-corrected chi connectivity index (χ2v) is 40.7. The third kappa shape index (κ3) is 58.1. The molecule has 5 aliphatic rings. The average Bonchev–Trinajstić information content (AvgIpc) is 1.50. The molecule has 3 saturated carbocycles. The van der Waals surface area contributed by atoms with E-state index in [0.29, 0.717) is 123 Å². The summed E-state index contributed by atoms with van der Waals surface area (Å²) in [6.07, 6.45) is 29.0. The summed E-state index contributed by atoms with van der Waals surface area (Å²) in [5.41, 5.74) is 6.26. The van der Waals surface area contributed by atoms with Crippen molar-refractivity contribution in [3.63, 3.8) is 0 Å². The van der Waals surface area contributed by atoms with Crippen molar-refractivity contribution in [3.8, 4) is 0 Å². The van der Waals surface area contributed by atoms with Crippen LogP contribution in [0.25, 0.3) is 0 Å². The van der Waals surface area contributed by atoms with Gasteiger partial charge in [0, 0.05) is 148 Å². The molecule has 0 bridgehead atoms. The molecule has 3 fully saturated rings. The molecule has 12 unspecified atom stereocenters. The number of ketones is 3. The third-order valence-corrected chi connectivity index (χ3v) is 29.6. The molecule has 10 rings (SSSR count). The second kappa shape index (κ2) is 89.0. The van der Waals surface area contributed by atoms with Crippen LogP contribution in [0.3, 0.4) is 0 Å². The van der Waals surface area contributed by atoms with Gasteiger partial charge < -0.3 is 51.9 Å². The molecular formula is C122H219N8O13S2Y-. The molecule has 5 aliphatic carbocycles. The van der Waals surface area contributed by atoms with Crippen LogP contribution in [0, 0.1) is 87.8 Å². The number of aliphatic carboxylic acids is 1. The maximum atomic E-state index is 12.7. The number of amides is 7. The number of pyridine rings is 1. The predicted octanol–water partition coefficient (Wildman–Crippen LogP) is 30.7. The summed E-state index contributed by atoms with van der Waals surface area (Å²) in [5.74, 6) is 8.09. The monoisotopic (exact) mass is 2160 g/mol. The van der Waals surface area contributed by atoms with Crippen molar-refractivity contribution < 1.29 is 95.3 Å². The van der Waals surface area contributed by atoms with E-state index < -0.39 is 5.97 Å². The molecule has 1 radical (unpaired) electrons. The van der Waals surface area contributed by atoms with Gasteiger partial charge in [0.05, 0.1) is 12.5 Å². The quantitative estimate of drug-likeness (QED) is 0.00441. The van der Waals surface area contributed by atoms with Gasteiger partial charge in [-0.05, 0) is 199 Å². The van der Waals surface area contributed by atoms with E-state index in [4.69, 9.17) is 9.84 Å². The Labute approximate surface area is 929 Å². The number of carboxylic acids is 1. The molecular weight excluding hydrogens is 1940 g/mol. The molecule has 5 aromatic rings.